The Morgan fingerprint density at radius 3 is 2.67 bits per heavy atom. The van der Waals surface area contributed by atoms with Crippen LogP contribution in [0.1, 0.15) is 6.42 Å². The summed E-state index contributed by atoms with van der Waals surface area (Å²) < 4.78 is 22.9. The second-order valence-corrected chi connectivity index (χ2v) is 6.73. The predicted octanol–water partition coefficient (Wildman–Crippen LogP) is 0.549. The number of hydrogen-bond donors (Lipinski definition) is 2. The summed E-state index contributed by atoms with van der Waals surface area (Å²) in [6.45, 7) is -0.0400. The fourth-order valence-electron chi connectivity index (χ4n) is 1.85. The van der Waals surface area contributed by atoms with Crippen molar-refractivity contribution in [1.82, 2.24) is 0 Å². The summed E-state index contributed by atoms with van der Waals surface area (Å²) in [6, 6.07) is 4.82. The minimum Gasteiger partial charge on any atom is -0.505 e. The topological polar surface area (TPSA) is 101 Å². The van der Waals surface area contributed by atoms with E-state index in [9.17, 15) is 18.3 Å². The first-order valence-corrected chi connectivity index (χ1v) is 7.50. The maximum absolute atomic E-state index is 11.8. The molecule has 0 aromatic heterocycles. The van der Waals surface area contributed by atoms with E-state index >= 15 is 0 Å². The van der Waals surface area contributed by atoms with Gasteiger partial charge in [-0.15, -0.1) is 0 Å². The Morgan fingerprint density at radius 2 is 2.11 bits per heavy atom. The van der Waals surface area contributed by atoms with Crippen LogP contribution in [-0.2, 0) is 14.8 Å². The third-order valence-electron chi connectivity index (χ3n) is 2.81. The van der Waals surface area contributed by atoms with Gasteiger partial charge >= 0.3 is 0 Å². The summed E-state index contributed by atoms with van der Waals surface area (Å²) in [7, 11) is -3.76. The smallest absolute Gasteiger partial charge is 0.228 e. The molecule has 1 aromatic carbocycles. The van der Waals surface area contributed by atoms with Crippen molar-refractivity contribution < 1.29 is 18.3 Å². The first kappa shape index (κ1) is 13.3. The van der Waals surface area contributed by atoms with Gasteiger partial charge in [0.2, 0.25) is 15.9 Å². The van der Waals surface area contributed by atoms with Gasteiger partial charge in [0, 0.05) is 13.0 Å². The van der Waals surface area contributed by atoms with Gasteiger partial charge < -0.3 is 10.0 Å². The molecule has 0 bridgehead atoms. The summed E-state index contributed by atoms with van der Waals surface area (Å²) in [5, 5.41) is 13.9. The molecule has 1 heterocycles. The molecule has 2 rings (SSSR count). The number of carbonyl (C=O) groups is 1. The lowest BCUT2D eigenvalue weighted by atomic mass is 10.2. The number of hydrogen-bond acceptors (Lipinski definition) is 4. The first-order valence-electron chi connectivity index (χ1n) is 5.10. The van der Waals surface area contributed by atoms with Crippen LogP contribution >= 0.6 is 15.9 Å². The van der Waals surface area contributed by atoms with Gasteiger partial charge in [0.25, 0.3) is 0 Å². The fourth-order valence-corrected chi connectivity index (χ4v) is 2.94. The lowest BCUT2D eigenvalue weighted by Crippen LogP contribution is -2.32. The van der Waals surface area contributed by atoms with Gasteiger partial charge in [-0.3, -0.25) is 4.79 Å². The normalized spacial score (nSPS) is 20.4. The Morgan fingerprint density at radius 1 is 1.44 bits per heavy atom. The van der Waals surface area contributed by atoms with E-state index in [0.717, 1.165) is 0 Å². The zero-order valence-electron chi connectivity index (χ0n) is 9.21. The minimum atomic E-state index is -3.76. The highest BCUT2D eigenvalue weighted by Gasteiger charge is 2.38. The number of anilines is 1. The Bertz CT molecular complexity index is 602. The standard InChI is InChI=1S/C10H11BrN2O4S/c11-7-2-1-3-8(10(7)15)13-5-6(4-9(13)14)18(12,16)17/h1-3,6,15H,4-5H2,(H2,12,16,17). The number of carbonyl (C=O) groups excluding carboxylic acids is 1. The van der Waals surface area contributed by atoms with Crippen molar-refractivity contribution in [3.05, 3.63) is 22.7 Å². The number of phenolic OH excluding ortho intramolecular Hbond substituents is 1. The average molecular weight is 335 g/mol. The van der Waals surface area contributed by atoms with Crippen molar-refractivity contribution in [3.8, 4) is 5.75 Å². The van der Waals surface area contributed by atoms with Crippen LogP contribution in [0.4, 0.5) is 5.69 Å². The van der Waals surface area contributed by atoms with E-state index in [4.69, 9.17) is 5.14 Å². The minimum absolute atomic E-state index is 0.0400. The maximum atomic E-state index is 11.8. The largest absolute Gasteiger partial charge is 0.505 e. The predicted molar refractivity (Wildman–Crippen MR) is 69.7 cm³/mol. The van der Waals surface area contributed by atoms with E-state index in [1.54, 1.807) is 18.2 Å². The molecule has 1 unspecified atom stereocenters. The van der Waals surface area contributed by atoms with Crippen LogP contribution in [0.3, 0.4) is 0 Å². The van der Waals surface area contributed by atoms with Gasteiger partial charge in [-0.2, -0.15) is 0 Å². The van der Waals surface area contributed by atoms with E-state index in [0.29, 0.717) is 4.47 Å². The zero-order chi connectivity index (χ0) is 13.5. The molecule has 1 aromatic rings. The molecule has 0 saturated carbocycles. The van der Waals surface area contributed by atoms with Crippen molar-refractivity contribution in [2.24, 2.45) is 5.14 Å². The van der Waals surface area contributed by atoms with Crippen molar-refractivity contribution in [1.29, 1.82) is 0 Å². The van der Waals surface area contributed by atoms with Crippen LogP contribution < -0.4 is 10.0 Å². The van der Waals surface area contributed by atoms with Gasteiger partial charge in [0.05, 0.1) is 10.2 Å². The molecule has 0 radical (unpaired) electrons. The molecule has 1 aliphatic rings. The zero-order valence-corrected chi connectivity index (χ0v) is 11.6. The third kappa shape index (κ3) is 2.36. The third-order valence-corrected chi connectivity index (χ3v) is 4.70. The van der Waals surface area contributed by atoms with Crippen LogP contribution in [0.2, 0.25) is 0 Å². The quantitative estimate of drug-likeness (QED) is 0.824. The summed E-state index contributed by atoms with van der Waals surface area (Å²) in [4.78, 5) is 13.0. The summed E-state index contributed by atoms with van der Waals surface area (Å²) in [5.41, 5.74) is 0.278. The Labute approximate surface area is 113 Å². The van der Waals surface area contributed by atoms with Crippen molar-refractivity contribution in [2.75, 3.05) is 11.4 Å². The number of rotatable bonds is 2. The molecule has 8 heteroatoms. The van der Waals surface area contributed by atoms with Gasteiger partial charge in [-0.25, -0.2) is 13.6 Å². The number of aromatic hydroxyl groups is 1. The number of primary sulfonamides is 1. The molecule has 1 saturated heterocycles. The van der Waals surface area contributed by atoms with E-state index in [-0.39, 0.29) is 30.3 Å². The number of nitrogens with zero attached hydrogens (tertiary/aromatic N) is 1. The highest BCUT2D eigenvalue weighted by atomic mass is 79.9. The number of amides is 1. The fraction of sp³-hybridized carbons (Fsp3) is 0.300. The van der Waals surface area contributed by atoms with E-state index in [2.05, 4.69) is 15.9 Å². The van der Waals surface area contributed by atoms with Gasteiger partial charge in [0.1, 0.15) is 5.25 Å². The van der Waals surface area contributed by atoms with Crippen LogP contribution in [0.25, 0.3) is 0 Å². The molecule has 1 amide bonds. The number of halogens is 1. The highest BCUT2D eigenvalue weighted by Crippen LogP contribution is 2.36. The number of phenols is 1. The van der Waals surface area contributed by atoms with Gasteiger partial charge in [-0.05, 0) is 28.1 Å². The van der Waals surface area contributed by atoms with Crippen molar-refractivity contribution >= 4 is 37.5 Å². The summed E-state index contributed by atoms with van der Waals surface area (Å²) in [5.74, 6) is -0.469. The van der Waals surface area contributed by atoms with Crippen LogP contribution in [0.15, 0.2) is 22.7 Å². The second kappa shape index (κ2) is 4.52. The summed E-state index contributed by atoms with van der Waals surface area (Å²) >= 11 is 3.14. The van der Waals surface area contributed by atoms with Crippen molar-refractivity contribution in [3.63, 3.8) is 0 Å². The van der Waals surface area contributed by atoms with E-state index in [1.807, 2.05) is 0 Å². The monoisotopic (exact) mass is 334 g/mol. The molecule has 1 fully saturated rings. The van der Waals surface area contributed by atoms with E-state index in [1.165, 1.54) is 4.90 Å². The second-order valence-electron chi connectivity index (χ2n) is 4.03. The molecular formula is C10H11BrN2O4S. The lowest BCUT2D eigenvalue weighted by molar-refractivity contribution is -0.117. The van der Waals surface area contributed by atoms with Crippen LogP contribution in [-0.4, -0.2) is 31.2 Å². The van der Waals surface area contributed by atoms with E-state index < -0.39 is 15.3 Å². The first-order chi connectivity index (χ1) is 8.30. The highest BCUT2D eigenvalue weighted by molar-refractivity contribution is 9.10. The van der Waals surface area contributed by atoms with Gasteiger partial charge in [0.15, 0.2) is 5.75 Å². The Hall–Kier alpha value is -1.12. The maximum Gasteiger partial charge on any atom is 0.228 e. The van der Waals surface area contributed by atoms with Gasteiger partial charge in [-0.1, -0.05) is 6.07 Å². The molecule has 1 aliphatic heterocycles. The average Bonchev–Trinajstić information content (AvgIpc) is 2.64. The SMILES string of the molecule is NS(=O)(=O)C1CC(=O)N(c2cccc(Br)c2O)C1. The number of benzene rings is 1. The molecule has 98 valence electrons. The number of para-hydroxylation sites is 1. The summed E-state index contributed by atoms with van der Waals surface area (Å²) in [6.07, 6.45) is -0.162. The molecule has 0 aliphatic carbocycles. The Kier molecular flexibility index (Phi) is 3.35. The molecular weight excluding hydrogens is 324 g/mol. The molecule has 3 N–H and O–H groups in total. The molecule has 0 spiro atoms. The molecule has 18 heavy (non-hydrogen) atoms. The van der Waals surface area contributed by atoms with Crippen LogP contribution in [0.5, 0.6) is 5.75 Å². The number of sulfonamides is 1. The lowest BCUT2D eigenvalue weighted by Gasteiger charge is -2.18. The number of nitrogens with two attached hydrogens (primary N) is 1. The van der Waals surface area contributed by atoms with Crippen LogP contribution in [0, 0.1) is 0 Å². The molecule has 6 nitrogen and oxygen atoms in total. The molecule has 1 atom stereocenters. The van der Waals surface area contributed by atoms with Crippen molar-refractivity contribution in [2.45, 2.75) is 11.7 Å². The Balaban J connectivity index is 2.36.